The molecule has 4 rings (SSSR count). The number of ether oxygens (including phenoxy) is 1. The molecule has 142 valence electrons. The zero-order valence-corrected chi connectivity index (χ0v) is 15.9. The van der Waals surface area contributed by atoms with Crippen molar-refractivity contribution in [2.45, 2.75) is 6.92 Å². The van der Waals surface area contributed by atoms with Crippen LogP contribution in [0.1, 0.15) is 18.1 Å². The van der Waals surface area contributed by atoms with Gasteiger partial charge in [0, 0.05) is 22.8 Å². The summed E-state index contributed by atoms with van der Waals surface area (Å²) >= 11 is 0. The third-order valence-corrected chi connectivity index (χ3v) is 4.60. The largest absolute Gasteiger partial charge is 0.494 e. The number of benzene rings is 4. The Morgan fingerprint density at radius 1 is 0.724 bits per heavy atom. The molecule has 4 aromatic carbocycles. The normalized spacial score (nSPS) is 10.4. The molecule has 0 aromatic heterocycles. The summed E-state index contributed by atoms with van der Waals surface area (Å²) < 4.78 is 33.0. The number of hydrogen-bond donors (Lipinski definition) is 0. The minimum absolute atomic E-state index is 0.250. The van der Waals surface area contributed by atoms with Gasteiger partial charge in [0.2, 0.25) is 0 Å². The van der Waals surface area contributed by atoms with Crippen LogP contribution in [-0.2, 0) is 0 Å². The Morgan fingerprint density at radius 3 is 2.17 bits per heavy atom. The Hall–Kier alpha value is -3.64. The van der Waals surface area contributed by atoms with Crippen molar-refractivity contribution >= 4 is 10.8 Å². The minimum atomic E-state index is -0.317. The predicted octanol–water partition coefficient (Wildman–Crippen LogP) is 6.58. The molecule has 0 bridgehead atoms. The highest BCUT2D eigenvalue weighted by atomic mass is 19.1. The van der Waals surface area contributed by atoms with Gasteiger partial charge in [-0.2, -0.15) is 0 Å². The fourth-order valence-corrected chi connectivity index (χ4v) is 3.16. The first kappa shape index (κ1) is 18.7. The van der Waals surface area contributed by atoms with E-state index in [0.29, 0.717) is 17.9 Å². The molecule has 0 amide bonds. The molecule has 0 fully saturated rings. The molecule has 0 atom stereocenters. The molecular formula is C26H18F2O. The van der Waals surface area contributed by atoms with Crippen LogP contribution in [0.25, 0.3) is 21.9 Å². The van der Waals surface area contributed by atoms with E-state index in [2.05, 4.69) is 11.8 Å². The maximum absolute atomic E-state index is 14.4. The Balaban J connectivity index is 1.56. The molecule has 0 aliphatic carbocycles. The van der Waals surface area contributed by atoms with Crippen LogP contribution in [0.2, 0.25) is 0 Å². The molecule has 0 heterocycles. The summed E-state index contributed by atoms with van der Waals surface area (Å²) in [5, 5.41) is 1.79. The molecule has 0 radical (unpaired) electrons. The van der Waals surface area contributed by atoms with E-state index < -0.39 is 0 Å². The van der Waals surface area contributed by atoms with Gasteiger partial charge in [0.1, 0.15) is 17.4 Å². The van der Waals surface area contributed by atoms with Crippen molar-refractivity contribution in [1.29, 1.82) is 0 Å². The second-order valence-corrected chi connectivity index (χ2v) is 6.61. The summed E-state index contributed by atoms with van der Waals surface area (Å²) in [5.74, 6) is 6.20. The molecule has 3 heteroatoms. The lowest BCUT2D eigenvalue weighted by molar-refractivity contribution is 0.338. The summed E-state index contributed by atoms with van der Waals surface area (Å²) in [6.07, 6.45) is 0. The smallest absolute Gasteiger partial charge is 0.134 e. The standard InChI is InChI=1S/C26H18F2O/c1-2-29-24-13-14-25(26(28)17-24)20-8-5-18(6-9-20)3-4-19-7-10-22-16-23(27)12-11-21(22)15-19/h5-17H,2H2,1H3. The Labute approximate surface area is 168 Å². The highest BCUT2D eigenvalue weighted by Gasteiger charge is 2.06. The van der Waals surface area contributed by atoms with Gasteiger partial charge >= 0.3 is 0 Å². The fraction of sp³-hybridized carbons (Fsp3) is 0.0769. The van der Waals surface area contributed by atoms with Crippen LogP contribution >= 0.6 is 0 Å². The predicted molar refractivity (Wildman–Crippen MR) is 113 cm³/mol. The molecule has 29 heavy (non-hydrogen) atoms. The summed E-state index contributed by atoms with van der Waals surface area (Å²) in [6, 6.07) is 22.7. The summed E-state index contributed by atoms with van der Waals surface area (Å²) in [7, 11) is 0. The van der Waals surface area contributed by atoms with Gasteiger partial charge in [0.15, 0.2) is 0 Å². The van der Waals surface area contributed by atoms with Gasteiger partial charge in [-0.15, -0.1) is 0 Å². The van der Waals surface area contributed by atoms with Crippen molar-refractivity contribution in [3.63, 3.8) is 0 Å². The van der Waals surface area contributed by atoms with E-state index in [1.807, 2.05) is 49.4 Å². The van der Waals surface area contributed by atoms with Crippen LogP contribution in [0.5, 0.6) is 5.75 Å². The maximum Gasteiger partial charge on any atom is 0.134 e. The molecule has 0 N–H and O–H groups in total. The van der Waals surface area contributed by atoms with E-state index in [9.17, 15) is 8.78 Å². The van der Waals surface area contributed by atoms with Crippen LogP contribution < -0.4 is 4.74 Å². The highest BCUT2D eigenvalue weighted by Crippen LogP contribution is 2.26. The van der Waals surface area contributed by atoms with Gasteiger partial charge in [-0.25, -0.2) is 8.78 Å². The SMILES string of the molecule is CCOc1ccc(-c2ccc(C#Cc3ccc4cc(F)ccc4c3)cc2)c(F)c1. The summed E-state index contributed by atoms with van der Waals surface area (Å²) in [6.45, 7) is 2.36. The van der Waals surface area contributed by atoms with Gasteiger partial charge < -0.3 is 4.74 Å². The first-order valence-corrected chi connectivity index (χ1v) is 9.36. The third kappa shape index (κ3) is 4.28. The van der Waals surface area contributed by atoms with Crippen molar-refractivity contribution in [2.75, 3.05) is 6.61 Å². The van der Waals surface area contributed by atoms with Crippen LogP contribution in [0.4, 0.5) is 8.78 Å². The van der Waals surface area contributed by atoms with Gasteiger partial charge in [-0.05, 0) is 71.8 Å². The molecule has 0 saturated heterocycles. The van der Waals surface area contributed by atoms with Crippen LogP contribution in [0, 0.1) is 23.5 Å². The van der Waals surface area contributed by atoms with Crippen LogP contribution in [0.15, 0.2) is 78.9 Å². The number of fused-ring (bicyclic) bond motifs is 1. The molecule has 0 spiro atoms. The van der Waals surface area contributed by atoms with Crippen LogP contribution in [0.3, 0.4) is 0 Å². The molecule has 0 unspecified atom stereocenters. The lowest BCUT2D eigenvalue weighted by atomic mass is 10.0. The van der Waals surface area contributed by atoms with E-state index in [-0.39, 0.29) is 11.6 Å². The topological polar surface area (TPSA) is 9.23 Å². The first-order valence-electron chi connectivity index (χ1n) is 9.36. The average Bonchev–Trinajstić information content (AvgIpc) is 2.73. The third-order valence-electron chi connectivity index (χ3n) is 4.60. The van der Waals surface area contributed by atoms with E-state index in [0.717, 1.165) is 27.5 Å². The molecule has 0 saturated carbocycles. The van der Waals surface area contributed by atoms with E-state index in [1.54, 1.807) is 18.2 Å². The molecule has 0 aliphatic heterocycles. The van der Waals surface area contributed by atoms with Gasteiger partial charge in [-0.3, -0.25) is 0 Å². The Morgan fingerprint density at radius 2 is 1.41 bits per heavy atom. The molecular weight excluding hydrogens is 366 g/mol. The highest BCUT2D eigenvalue weighted by molar-refractivity contribution is 5.84. The van der Waals surface area contributed by atoms with Crippen molar-refractivity contribution in [1.82, 2.24) is 0 Å². The van der Waals surface area contributed by atoms with E-state index in [1.165, 1.54) is 18.2 Å². The Bertz CT molecular complexity index is 1230. The Kier molecular flexibility index (Phi) is 5.27. The minimum Gasteiger partial charge on any atom is -0.494 e. The number of rotatable bonds is 3. The second-order valence-electron chi connectivity index (χ2n) is 6.61. The number of hydrogen-bond acceptors (Lipinski definition) is 1. The molecule has 4 aromatic rings. The number of halogens is 2. The zero-order chi connectivity index (χ0) is 20.2. The lowest BCUT2D eigenvalue weighted by Crippen LogP contribution is -1.93. The van der Waals surface area contributed by atoms with E-state index >= 15 is 0 Å². The average molecular weight is 384 g/mol. The van der Waals surface area contributed by atoms with Gasteiger partial charge in [0.25, 0.3) is 0 Å². The van der Waals surface area contributed by atoms with Gasteiger partial charge in [0.05, 0.1) is 6.61 Å². The molecule has 1 nitrogen and oxygen atoms in total. The van der Waals surface area contributed by atoms with Crippen molar-refractivity contribution in [3.8, 4) is 28.7 Å². The van der Waals surface area contributed by atoms with Crippen molar-refractivity contribution in [3.05, 3.63) is 102 Å². The van der Waals surface area contributed by atoms with Crippen molar-refractivity contribution < 1.29 is 13.5 Å². The van der Waals surface area contributed by atoms with Crippen LogP contribution in [-0.4, -0.2) is 6.61 Å². The summed E-state index contributed by atoms with van der Waals surface area (Å²) in [4.78, 5) is 0. The van der Waals surface area contributed by atoms with E-state index in [4.69, 9.17) is 4.74 Å². The monoisotopic (exact) mass is 384 g/mol. The first-order chi connectivity index (χ1) is 14.1. The zero-order valence-electron chi connectivity index (χ0n) is 15.9. The lowest BCUT2D eigenvalue weighted by Gasteiger charge is -2.07. The maximum atomic E-state index is 14.4. The van der Waals surface area contributed by atoms with Crippen molar-refractivity contribution in [2.24, 2.45) is 0 Å². The quantitative estimate of drug-likeness (QED) is 0.362. The second kappa shape index (κ2) is 8.16. The fourth-order valence-electron chi connectivity index (χ4n) is 3.16. The summed E-state index contributed by atoms with van der Waals surface area (Å²) in [5.41, 5.74) is 2.99. The molecule has 0 aliphatic rings. The van der Waals surface area contributed by atoms with Gasteiger partial charge in [-0.1, -0.05) is 36.1 Å².